The Hall–Kier alpha value is -1.42. The van der Waals surface area contributed by atoms with Crippen molar-refractivity contribution in [2.75, 3.05) is 33.2 Å². The zero-order chi connectivity index (χ0) is 11.4. The zero-order valence-corrected chi connectivity index (χ0v) is 9.67. The lowest BCUT2D eigenvalue weighted by Gasteiger charge is -2.40. The highest BCUT2D eigenvalue weighted by Crippen LogP contribution is 2.15. The first-order chi connectivity index (χ1) is 7.72. The molecule has 0 atom stereocenters. The van der Waals surface area contributed by atoms with Crippen molar-refractivity contribution in [1.29, 1.82) is 0 Å². The van der Waals surface area contributed by atoms with Crippen LogP contribution in [0.2, 0.25) is 0 Å². The lowest BCUT2D eigenvalue weighted by Crippen LogP contribution is -2.55. The van der Waals surface area contributed by atoms with Crippen LogP contribution in [0.4, 0.5) is 0 Å². The van der Waals surface area contributed by atoms with E-state index >= 15 is 0 Å². The number of nitroso groups, excluding NO2 is 1. The number of nitrogens with zero attached hydrogens (tertiary/aromatic N) is 3. The van der Waals surface area contributed by atoms with E-state index in [0.29, 0.717) is 0 Å². The molecule has 1 heterocycles. The van der Waals surface area contributed by atoms with E-state index in [2.05, 4.69) is 36.6 Å². The van der Waals surface area contributed by atoms with Crippen LogP contribution in [0.5, 0.6) is 0 Å². The number of hydrogen-bond donors (Lipinski definition) is 0. The molecule has 4 nitrogen and oxygen atoms in total. The summed E-state index contributed by atoms with van der Waals surface area (Å²) in [5.41, 5.74) is 1.36. The van der Waals surface area contributed by atoms with E-state index in [0.717, 1.165) is 37.2 Å². The molecule has 1 aliphatic rings. The number of rotatable bonds is 3. The van der Waals surface area contributed by atoms with Crippen molar-refractivity contribution in [2.24, 2.45) is 5.29 Å². The third-order valence-corrected chi connectivity index (χ3v) is 3.32. The van der Waals surface area contributed by atoms with Gasteiger partial charge in [-0.15, -0.1) is 4.91 Å². The van der Waals surface area contributed by atoms with Crippen LogP contribution in [0.1, 0.15) is 5.56 Å². The summed E-state index contributed by atoms with van der Waals surface area (Å²) in [5.74, 6) is 0. The second-order valence-electron chi connectivity index (χ2n) is 4.75. The molecule has 0 saturated carbocycles. The maximum absolute atomic E-state index is 10.4. The Morgan fingerprint density at radius 3 is 2.44 bits per heavy atom. The molecule has 16 heavy (non-hydrogen) atoms. The molecule has 0 radical (unpaired) electrons. The summed E-state index contributed by atoms with van der Waals surface area (Å²) in [6, 6.07) is 10.5. The van der Waals surface area contributed by atoms with Crippen molar-refractivity contribution in [1.82, 2.24) is 5.01 Å². The van der Waals surface area contributed by atoms with Gasteiger partial charge in [0.05, 0.1) is 38.5 Å². The van der Waals surface area contributed by atoms with Gasteiger partial charge >= 0.3 is 0 Å². The van der Waals surface area contributed by atoms with Crippen LogP contribution in [0, 0.1) is 4.91 Å². The van der Waals surface area contributed by atoms with Crippen molar-refractivity contribution in [3.63, 3.8) is 0 Å². The molecule has 0 aliphatic carbocycles. The van der Waals surface area contributed by atoms with Crippen molar-refractivity contribution >= 4 is 0 Å². The molecule has 4 heteroatoms. The summed E-state index contributed by atoms with van der Waals surface area (Å²) in [7, 11) is 2.25. The molecule has 86 valence electrons. The van der Waals surface area contributed by atoms with Crippen LogP contribution in [0.15, 0.2) is 35.6 Å². The number of benzene rings is 1. The molecular formula is C12H18N3O+. The molecule has 0 N–H and O–H groups in total. The van der Waals surface area contributed by atoms with Gasteiger partial charge in [-0.1, -0.05) is 30.3 Å². The van der Waals surface area contributed by atoms with Crippen LogP contribution in [-0.2, 0) is 6.54 Å². The van der Waals surface area contributed by atoms with Crippen LogP contribution >= 0.6 is 0 Å². The van der Waals surface area contributed by atoms with Gasteiger partial charge in [0.1, 0.15) is 6.54 Å². The van der Waals surface area contributed by atoms with Crippen LogP contribution in [0.3, 0.4) is 0 Å². The van der Waals surface area contributed by atoms with Crippen molar-refractivity contribution in [3.8, 4) is 0 Å². The van der Waals surface area contributed by atoms with Gasteiger partial charge in [-0.2, -0.15) is 0 Å². The van der Waals surface area contributed by atoms with Crippen LogP contribution in [0.25, 0.3) is 0 Å². The van der Waals surface area contributed by atoms with E-state index in [-0.39, 0.29) is 0 Å². The maximum Gasteiger partial charge on any atom is 0.104 e. The average molecular weight is 220 g/mol. The van der Waals surface area contributed by atoms with Crippen molar-refractivity contribution in [3.05, 3.63) is 40.8 Å². The van der Waals surface area contributed by atoms with Crippen LogP contribution in [-0.4, -0.2) is 42.7 Å². The molecule has 1 aromatic carbocycles. The fourth-order valence-corrected chi connectivity index (χ4v) is 2.20. The van der Waals surface area contributed by atoms with Gasteiger partial charge in [0.15, 0.2) is 0 Å². The molecule has 0 unspecified atom stereocenters. The van der Waals surface area contributed by atoms with Gasteiger partial charge in [-0.3, -0.25) is 0 Å². The number of hydrogen-bond acceptors (Lipinski definition) is 2. The van der Waals surface area contributed by atoms with E-state index in [1.54, 1.807) is 5.01 Å². The quantitative estimate of drug-likeness (QED) is 0.573. The third-order valence-electron chi connectivity index (χ3n) is 3.32. The Labute approximate surface area is 96.0 Å². The van der Waals surface area contributed by atoms with Crippen LogP contribution < -0.4 is 0 Å². The average Bonchev–Trinajstić information content (AvgIpc) is 2.31. The number of piperazine rings is 1. The monoisotopic (exact) mass is 220 g/mol. The Kier molecular flexibility index (Phi) is 3.19. The summed E-state index contributed by atoms with van der Waals surface area (Å²) < 4.78 is 0.996. The Morgan fingerprint density at radius 2 is 1.88 bits per heavy atom. The summed E-state index contributed by atoms with van der Waals surface area (Å²) >= 11 is 0. The molecule has 0 aromatic heterocycles. The predicted molar refractivity (Wildman–Crippen MR) is 63.4 cm³/mol. The molecular weight excluding hydrogens is 202 g/mol. The number of quaternary nitrogens is 1. The molecule has 0 amide bonds. The topological polar surface area (TPSA) is 32.7 Å². The fourth-order valence-electron chi connectivity index (χ4n) is 2.20. The van der Waals surface area contributed by atoms with Gasteiger partial charge < -0.3 is 4.48 Å². The van der Waals surface area contributed by atoms with Crippen molar-refractivity contribution in [2.45, 2.75) is 6.54 Å². The minimum Gasteiger partial charge on any atom is -0.319 e. The third kappa shape index (κ3) is 2.58. The fraction of sp³-hybridized carbons (Fsp3) is 0.500. The van der Waals surface area contributed by atoms with Gasteiger partial charge in [0.25, 0.3) is 0 Å². The molecule has 0 bridgehead atoms. The highest BCUT2D eigenvalue weighted by molar-refractivity contribution is 5.13. The van der Waals surface area contributed by atoms with Gasteiger partial charge in [0.2, 0.25) is 0 Å². The maximum atomic E-state index is 10.4. The summed E-state index contributed by atoms with van der Waals surface area (Å²) in [6.45, 7) is 4.55. The largest absolute Gasteiger partial charge is 0.319 e. The summed E-state index contributed by atoms with van der Waals surface area (Å²) in [5, 5.41) is 4.61. The first-order valence-corrected chi connectivity index (χ1v) is 5.68. The molecule has 0 spiro atoms. The van der Waals surface area contributed by atoms with E-state index in [1.165, 1.54) is 5.56 Å². The Balaban J connectivity index is 1.97. The Bertz CT molecular complexity index is 345. The van der Waals surface area contributed by atoms with E-state index in [4.69, 9.17) is 0 Å². The summed E-state index contributed by atoms with van der Waals surface area (Å²) in [4.78, 5) is 10.4. The second-order valence-corrected chi connectivity index (χ2v) is 4.75. The van der Waals surface area contributed by atoms with Crippen molar-refractivity contribution < 1.29 is 4.48 Å². The van der Waals surface area contributed by atoms with Gasteiger partial charge in [-0.05, 0) is 0 Å². The molecule has 2 rings (SSSR count). The molecule has 1 fully saturated rings. The molecule has 1 saturated heterocycles. The van der Waals surface area contributed by atoms with Gasteiger partial charge in [0, 0.05) is 5.56 Å². The minimum atomic E-state index is 0.771. The summed E-state index contributed by atoms with van der Waals surface area (Å²) in [6.07, 6.45) is 0. The van der Waals surface area contributed by atoms with Gasteiger partial charge in [-0.25, -0.2) is 5.01 Å². The molecule has 1 aliphatic heterocycles. The highest BCUT2D eigenvalue weighted by atomic mass is 16.3. The highest BCUT2D eigenvalue weighted by Gasteiger charge is 2.28. The van der Waals surface area contributed by atoms with E-state index in [9.17, 15) is 4.91 Å². The smallest absolute Gasteiger partial charge is 0.104 e. The first-order valence-electron chi connectivity index (χ1n) is 5.68. The second kappa shape index (κ2) is 4.61. The number of likely N-dealkylation sites (N-methyl/N-ethyl adjacent to an activating group) is 1. The lowest BCUT2D eigenvalue weighted by molar-refractivity contribution is -0.926. The van der Waals surface area contributed by atoms with E-state index < -0.39 is 0 Å². The van der Waals surface area contributed by atoms with E-state index in [1.807, 2.05) is 6.07 Å². The zero-order valence-electron chi connectivity index (χ0n) is 9.67. The SMILES string of the molecule is C[N+]1(Cc2ccccc2)CCN(N=O)CC1. The first kappa shape index (κ1) is 11.1. The Morgan fingerprint density at radius 1 is 1.25 bits per heavy atom. The molecule has 1 aromatic rings. The normalized spacial score (nSPS) is 19.4. The minimum absolute atomic E-state index is 0.771. The standard InChI is InChI=1S/C12H18N3O/c1-15(9-7-14(13-16)8-10-15)11-12-5-3-2-4-6-12/h2-6H,7-11H2,1H3/q+1. The predicted octanol–water partition coefficient (Wildman–Crippen LogP) is 1.63. The lowest BCUT2D eigenvalue weighted by atomic mass is 10.1.